The summed E-state index contributed by atoms with van der Waals surface area (Å²) >= 11 is 0. The minimum absolute atomic E-state index is 0.135. The fourth-order valence-electron chi connectivity index (χ4n) is 7.69. The lowest BCUT2D eigenvalue weighted by molar-refractivity contribution is -0.125. The number of nitrogens with zero attached hydrogens (tertiary/aromatic N) is 2. The van der Waals surface area contributed by atoms with E-state index in [1.165, 1.54) is 30.4 Å². The molecule has 2 bridgehead atoms. The number of carbonyl (C=O) groups is 1. The Morgan fingerprint density at radius 1 is 1.05 bits per heavy atom. The average molecular weight is 498 g/mol. The van der Waals surface area contributed by atoms with Crippen molar-refractivity contribution >= 4 is 5.91 Å². The van der Waals surface area contributed by atoms with Crippen LogP contribution in [-0.2, 0) is 11.2 Å². The minimum Gasteiger partial charge on any atom is -0.497 e. The lowest BCUT2D eigenvalue weighted by atomic mass is 9.68. The van der Waals surface area contributed by atoms with Crippen molar-refractivity contribution < 1.29 is 9.53 Å². The lowest BCUT2D eigenvalue weighted by Crippen LogP contribution is -2.53. The van der Waals surface area contributed by atoms with Crippen molar-refractivity contribution in [3.8, 4) is 22.7 Å². The first kappa shape index (κ1) is 24.3. The van der Waals surface area contributed by atoms with E-state index in [2.05, 4.69) is 57.3 Å². The predicted molar refractivity (Wildman–Crippen MR) is 147 cm³/mol. The summed E-state index contributed by atoms with van der Waals surface area (Å²) in [6.45, 7) is 9.20. The van der Waals surface area contributed by atoms with Crippen molar-refractivity contribution in [2.24, 2.45) is 16.7 Å². The molecule has 1 aromatic heterocycles. The van der Waals surface area contributed by atoms with Gasteiger partial charge in [0.2, 0.25) is 5.91 Å². The fourth-order valence-corrected chi connectivity index (χ4v) is 7.69. The van der Waals surface area contributed by atoms with E-state index in [4.69, 9.17) is 9.84 Å². The first-order valence-electron chi connectivity index (χ1n) is 13.8. The van der Waals surface area contributed by atoms with Crippen molar-refractivity contribution in [3.05, 3.63) is 65.4 Å². The summed E-state index contributed by atoms with van der Waals surface area (Å²) in [5, 5.41) is 8.75. The summed E-state index contributed by atoms with van der Waals surface area (Å²) in [5.74, 6) is 1.46. The SMILES string of the molecule is COc1ccc(-n2nc3c(c2-c2ccc(C)cc2)CCCC3C(=O)N[C@H]2C3(C)CCC(C3)C2(C)C)cc1. The molecule has 1 N–H and O–H groups in total. The molecular weight excluding hydrogens is 458 g/mol. The number of fused-ring (bicyclic) bond motifs is 3. The normalized spacial score (nSPS) is 27.6. The van der Waals surface area contributed by atoms with Crippen LogP contribution in [0.3, 0.4) is 0 Å². The van der Waals surface area contributed by atoms with E-state index in [9.17, 15) is 4.79 Å². The zero-order valence-corrected chi connectivity index (χ0v) is 22.8. The number of hydrogen-bond acceptors (Lipinski definition) is 3. The average Bonchev–Trinajstić information content (AvgIpc) is 3.54. The quantitative estimate of drug-likeness (QED) is 0.432. The summed E-state index contributed by atoms with van der Waals surface area (Å²) in [4.78, 5) is 14.0. The van der Waals surface area contributed by atoms with Crippen molar-refractivity contribution in [1.82, 2.24) is 15.1 Å². The summed E-state index contributed by atoms with van der Waals surface area (Å²) < 4.78 is 7.43. The number of ether oxygens (including phenoxy) is 1. The molecule has 0 radical (unpaired) electrons. The molecule has 3 aliphatic rings. The van der Waals surface area contributed by atoms with Crippen molar-refractivity contribution in [3.63, 3.8) is 0 Å². The van der Waals surface area contributed by atoms with Gasteiger partial charge in [-0.2, -0.15) is 5.10 Å². The number of hydrogen-bond donors (Lipinski definition) is 1. The van der Waals surface area contributed by atoms with Gasteiger partial charge in [-0.15, -0.1) is 0 Å². The molecular formula is C32H39N3O2. The number of rotatable bonds is 5. The van der Waals surface area contributed by atoms with Crippen molar-refractivity contribution in [2.75, 3.05) is 7.11 Å². The zero-order valence-electron chi connectivity index (χ0n) is 22.8. The molecule has 5 nitrogen and oxygen atoms in total. The zero-order chi connectivity index (χ0) is 25.9. The second kappa shape index (κ2) is 8.75. The molecule has 2 aromatic carbocycles. The highest BCUT2D eigenvalue weighted by Crippen LogP contribution is 2.62. The number of aromatic nitrogens is 2. The summed E-state index contributed by atoms with van der Waals surface area (Å²) in [7, 11) is 1.68. The van der Waals surface area contributed by atoms with Crippen LogP contribution in [0, 0.1) is 23.7 Å². The van der Waals surface area contributed by atoms with Gasteiger partial charge >= 0.3 is 0 Å². The molecule has 3 aromatic rings. The maximum absolute atomic E-state index is 14.0. The van der Waals surface area contributed by atoms with Gasteiger partial charge in [0.15, 0.2) is 0 Å². The molecule has 4 atom stereocenters. The highest BCUT2D eigenvalue weighted by atomic mass is 16.5. The first-order chi connectivity index (χ1) is 17.7. The van der Waals surface area contributed by atoms with Gasteiger partial charge in [-0.05, 0) is 86.5 Å². The van der Waals surface area contributed by atoms with Crippen LogP contribution in [0.2, 0.25) is 0 Å². The first-order valence-corrected chi connectivity index (χ1v) is 13.8. The highest BCUT2D eigenvalue weighted by molar-refractivity contribution is 5.85. The monoisotopic (exact) mass is 497 g/mol. The highest BCUT2D eigenvalue weighted by Gasteiger charge is 2.60. The van der Waals surface area contributed by atoms with E-state index >= 15 is 0 Å². The van der Waals surface area contributed by atoms with Gasteiger partial charge in [-0.25, -0.2) is 4.68 Å². The van der Waals surface area contributed by atoms with Crippen molar-refractivity contribution in [1.29, 1.82) is 0 Å². The van der Waals surface area contributed by atoms with Gasteiger partial charge in [0.1, 0.15) is 5.75 Å². The van der Waals surface area contributed by atoms with E-state index in [0.29, 0.717) is 5.92 Å². The smallest absolute Gasteiger partial charge is 0.229 e. The summed E-state index contributed by atoms with van der Waals surface area (Å²) in [5.41, 5.74) is 6.94. The Labute approximate surface area is 220 Å². The third-order valence-electron chi connectivity index (χ3n) is 9.78. The molecule has 5 heteroatoms. The van der Waals surface area contributed by atoms with Gasteiger partial charge in [-0.1, -0.05) is 50.6 Å². The van der Waals surface area contributed by atoms with Crippen LogP contribution in [0.1, 0.15) is 75.6 Å². The van der Waals surface area contributed by atoms with Gasteiger partial charge < -0.3 is 10.1 Å². The fraction of sp³-hybridized carbons (Fsp3) is 0.500. The van der Waals surface area contributed by atoms with Crippen LogP contribution in [0.5, 0.6) is 5.75 Å². The molecule has 37 heavy (non-hydrogen) atoms. The maximum atomic E-state index is 14.0. The molecule has 2 fully saturated rings. The van der Waals surface area contributed by atoms with Crippen molar-refractivity contribution in [2.45, 2.75) is 78.2 Å². The Kier molecular flexibility index (Phi) is 5.74. The number of methoxy groups -OCH3 is 1. The number of carbonyl (C=O) groups excluding carboxylic acids is 1. The largest absolute Gasteiger partial charge is 0.497 e. The topological polar surface area (TPSA) is 56.2 Å². The molecule has 1 heterocycles. The van der Waals surface area contributed by atoms with Crippen LogP contribution in [0.15, 0.2) is 48.5 Å². The Bertz CT molecular complexity index is 1320. The molecule has 1 amide bonds. The molecule has 6 rings (SSSR count). The second-order valence-electron chi connectivity index (χ2n) is 12.5. The summed E-state index contributed by atoms with van der Waals surface area (Å²) in [6.07, 6.45) is 6.50. The molecule has 3 aliphatic carbocycles. The van der Waals surface area contributed by atoms with Crippen LogP contribution in [0.25, 0.3) is 16.9 Å². The van der Waals surface area contributed by atoms with Crippen LogP contribution in [-0.4, -0.2) is 28.8 Å². The van der Waals surface area contributed by atoms with Crippen LogP contribution in [0.4, 0.5) is 0 Å². The number of nitrogens with one attached hydrogen (secondary N) is 1. The molecule has 0 aliphatic heterocycles. The Hall–Kier alpha value is -3.08. The molecule has 2 saturated carbocycles. The number of aryl methyl sites for hydroxylation is 1. The van der Waals surface area contributed by atoms with E-state index < -0.39 is 0 Å². The predicted octanol–water partition coefficient (Wildman–Crippen LogP) is 6.61. The third kappa shape index (κ3) is 3.89. The molecule has 194 valence electrons. The third-order valence-corrected chi connectivity index (χ3v) is 9.78. The van der Waals surface area contributed by atoms with Gasteiger partial charge in [0.25, 0.3) is 0 Å². The standard InChI is InChI=1S/C32H39N3O2/c1-20-9-11-21(12-10-20)28-25-7-6-8-26(27(25)34-35(28)23-13-15-24(37-5)16-14-23)29(36)33-30-31(2,3)22-17-18-32(30,4)19-22/h9-16,22,26,30H,6-8,17-19H2,1-5H3,(H,33,36)/t22?,26?,30-,32?/m1/s1. The van der Waals surface area contributed by atoms with E-state index in [0.717, 1.165) is 47.7 Å². The van der Waals surface area contributed by atoms with Gasteiger partial charge in [-0.3, -0.25) is 4.79 Å². The minimum atomic E-state index is -0.217. The molecule has 0 spiro atoms. The van der Waals surface area contributed by atoms with E-state index in [-0.39, 0.29) is 28.7 Å². The van der Waals surface area contributed by atoms with Crippen LogP contribution >= 0.6 is 0 Å². The number of benzene rings is 2. The maximum Gasteiger partial charge on any atom is 0.229 e. The van der Waals surface area contributed by atoms with Crippen LogP contribution < -0.4 is 10.1 Å². The van der Waals surface area contributed by atoms with Gasteiger partial charge in [0, 0.05) is 17.2 Å². The summed E-state index contributed by atoms with van der Waals surface area (Å²) in [6, 6.07) is 16.9. The second-order valence-corrected chi connectivity index (χ2v) is 12.5. The van der Waals surface area contributed by atoms with E-state index in [1.54, 1.807) is 7.11 Å². The lowest BCUT2D eigenvalue weighted by Gasteiger charge is -2.43. The Morgan fingerprint density at radius 3 is 2.43 bits per heavy atom. The molecule has 3 unspecified atom stereocenters. The van der Waals surface area contributed by atoms with E-state index in [1.807, 2.05) is 28.9 Å². The van der Waals surface area contributed by atoms with Gasteiger partial charge in [0.05, 0.1) is 30.1 Å². The number of amides is 1. The Balaban J connectivity index is 1.40. The molecule has 0 saturated heterocycles. The Morgan fingerprint density at radius 2 is 1.78 bits per heavy atom.